The summed E-state index contributed by atoms with van der Waals surface area (Å²) in [5.74, 6) is 2.35. The summed E-state index contributed by atoms with van der Waals surface area (Å²) in [4.78, 5) is 17.5. The van der Waals surface area contributed by atoms with Crippen LogP contribution in [0.2, 0.25) is 5.02 Å². The van der Waals surface area contributed by atoms with E-state index in [0.29, 0.717) is 21.9 Å². The second kappa shape index (κ2) is 7.09. The summed E-state index contributed by atoms with van der Waals surface area (Å²) in [6, 6.07) is 11.2. The average Bonchev–Trinajstić information content (AvgIpc) is 2.90. The van der Waals surface area contributed by atoms with E-state index in [1.54, 1.807) is 6.07 Å². The van der Waals surface area contributed by atoms with Gasteiger partial charge in [0.25, 0.3) is 5.91 Å². The third-order valence-electron chi connectivity index (χ3n) is 3.58. The van der Waals surface area contributed by atoms with E-state index < -0.39 is 0 Å². The predicted molar refractivity (Wildman–Crippen MR) is 107 cm³/mol. The lowest BCUT2D eigenvalue weighted by Gasteiger charge is -2.04. The maximum absolute atomic E-state index is 12.6. The highest BCUT2D eigenvalue weighted by molar-refractivity contribution is 14.1. The molecule has 0 aliphatic heterocycles. The fourth-order valence-electron chi connectivity index (χ4n) is 2.42. The molecule has 0 aliphatic rings. The number of benzene rings is 2. The summed E-state index contributed by atoms with van der Waals surface area (Å²) >= 11 is 9.80. The summed E-state index contributed by atoms with van der Waals surface area (Å²) in [5, 5.41) is 0.668. The summed E-state index contributed by atoms with van der Waals surface area (Å²) in [5.41, 5.74) is 2.45. The predicted octanol–water partition coefficient (Wildman–Crippen LogP) is 4.64. The van der Waals surface area contributed by atoms with Crippen LogP contribution in [0, 0.1) is 22.8 Å². The standard InChI is InChI=1S/C18H12ClIN2OS/c1-3-10-22-16-11(2)13(19)8-9-15(16)24-18(22)21-17(23)12-6-4-5-7-14(12)20/h1,4-9H,10H2,2H3. The monoisotopic (exact) mass is 466 g/mol. The molecule has 3 nitrogen and oxygen atoms in total. The number of hydrogen-bond acceptors (Lipinski definition) is 2. The Labute approximate surface area is 162 Å². The first-order chi connectivity index (χ1) is 11.5. The molecule has 3 aromatic rings. The molecule has 0 fully saturated rings. The molecule has 0 N–H and O–H groups in total. The summed E-state index contributed by atoms with van der Waals surface area (Å²) in [6.45, 7) is 2.27. The van der Waals surface area contributed by atoms with Crippen molar-refractivity contribution >= 4 is 61.7 Å². The van der Waals surface area contributed by atoms with Gasteiger partial charge < -0.3 is 4.57 Å². The minimum absolute atomic E-state index is 0.277. The second-order valence-corrected chi connectivity index (χ2v) is 7.67. The molecule has 120 valence electrons. The number of thiazole rings is 1. The van der Waals surface area contributed by atoms with Gasteiger partial charge in [0, 0.05) is 8.59 Å². The van der Waals surface area contributed by atoms with E-state index in [0.717, 1.165) is 19.4 Å². The van der Waals surface area contributed by atoms with Gasteiger partial charge in [-0.3, -0.25) is 4.79 Å². The van der Waals surface area contributed by atoms with Crippen molar-refractivity contribution in [2.75, 3.05) is 0 Å². The first-order valence-electron chi connectivity index (χ1n) is 7.08. The van der Waals surface area contributed by atoms with Crippen molar-refractivity contribution in [3.63, 3.8) is 0 Å². The molecular formula is C18H12ClIN2OS. The molecule has 0 unspecified atom stereocenters. The minimum Gasteiger partial charge on any atom is -0.304 e. The van der Waals surface area contributed by atoms with E-state index in [4.69, 9.17) is 18.0 Å². The van der Waals surface area contributed by atoms with E-state index >= 15 is 0 Å². The van der Waals surface area contributed by atoms with E-state index in [1.165, 1.54) is 11.3 Å². The summed E-state index contributed by atoms with van der Waals surface area (Å²) in [7, 11) is 0. The molecule has 0 atom stereocenters. The molecule has 0 saturated heterocycles. The zero-order valence-corrected chi connectivity index (χ0v) is 16.4. The molecule has 1 aromatic heterocycles. The van der Waals surface area contributed by atoms with Gasteiger partial charge in [-0.05, 0) is 59.3 Å². The number of terminal acetylenes is 1. The molecule has 0 radical (unpaired) electrons. The maximum atomic E-state index is 12.6. The van der Waals surface area contributed by atoms with Crippen LogP contribution in [0.4, 0.5) is 0 Å². The van der Waals surface area contributed by atoms with Gasteiger partial charge in [-0.2, -0.15) is 4.99 Å². The van der Waals surface area contributed by atoms with E-state index in [-0.39, 0.29) is 5.91 Å². The van der Waals surface area contributed by atoms with Crippen molar-refractivity contribution in [1.29, 1.82) is 0 Å². The van der Waals surface area contributed by atoms with Gasteiger partial charge in [0.15, 0.2) is 4.80 Å². The third-order valence-corrected chi connectivity index (χ3v) is 5.97. The van der Waals surface area contributed by atoms with Gasteiger partial charge in [0.1, 0.15) is 0 Å². The van der Waals surface area contributed by atoms with Crippen molar-refractivity contribution in [2.45, 2.75) is 13.5 Å². The van der Waals surface area contributed by atoms with Gasteiger partial charge in [-0.25, -0.2) is 0 Å². The molecular weight excluding hydrogens is 455 g/mol. The van der Waals surface area contributed by atoms with Crippen LogP contribution in [-0.2, 0) is 6.54 Å². The summed E-state index contributed by atoms with van der Waals surface area (Å²) < 4.78 is 3.74. The zero-order chi connectivity index (χ0) is 17.3. The Hall–Kier alpha value is -1.62. The van der Waals surface area contributed by atoms with Crippen molar-refractivity contribution in [1.82, 2.24) is 4.57 Å². The highest BCUT2D eigenvalue weighted by Crippen LogP contribution is 2.27. The number of fused-ring (bicyclic) bond motifs is 1. The van der Waals surface area contributed by atoms with Crippen LogP contribution in [0.5, 0.6) is 0 Å². The smallest absolute Gasteiger partial charge is 0.280 e. The molecule has 0 bridgehead atoms. The fraction of sp³-hybridized carbons (Fsp3) is 0.111. The largest absolute Gasteiger partial charge is 0.304 e. The number of hydrogen-bond donors (Lipinski definition) is 0. The average molecular weight is 467 g/mol. The van der Waals surface area contributed by atoms with Gasteiger partial charge in [-0.15, -0.1) is 6.42 Å². The quantitative estimate of drug-likeness (QED) is 0.400. The Morgan fingerprint density at radius 2 is 2.12 bits per heavy atom. The number of carbonyl (C=O) groups is 1. The Morgan fingerprint density at radius 1 is 1.38 bits per heavy atom. The highest BCUT2D eigenvalue weighted by atomic mass is 127. The normalized spacial score (nSPS) is 11.7. The number of rotatable bonds is 2. The lowest BCUT2D eigenvalue weighted by atomic mass is 10.2. The molecule has 3 rings (SSSR count). The number of amides is 1. The van der Waals surface area contributed by atoms with Crippen LogP contribution in [0.1, 0.15) is 15.9 Å². The number of aromatic nitrogens is 1. The number of halogens is 2. The Balaban J connectivity index is 2.24. The van der Waals surface area contributed by atoms with Crippen molar-refractivity contribution in [2.24, 2.45) is 4.99 Å². The van der Waals surface area contributed by atoms with Crippen LogP contribution < -0.4 is 4.80 Å². The number of aryl methyl sites for hydroxylation is 1. The molecule has 1 amide bonds. The lowest BCUT2D eigenvalue weighted by molar-refractivity contribution is 0.0997. The van der Waals surface area contributed by atoms with E-state index in [1.807, 2.05) is 41.8 Å². The molecule has 0 saturated carbocycles. The molecule has 0 aliphatic carbocycles. The van der Waals surface area contributed by atoms with Crippen molar-refractivity contribution < 1.29 is 4.79 Å². The molecule has 6 heteroatoms. The van der Waals surface area contributed by atoms with Crippen molar-refractivity contribution in [3.8, 4) is 12.3 Å². The van der Waals surface area contributed by atoms with Gasteiger partial charge in [-0.1, -0.05) is 41.0 Å². The molecule has 2 aromatic carbocycles. The van der Waals surface area contributed by atoms with Gasteiger partial charge in [0.05, 0.1) is 22.3 Å². The van der Waals surface area contributed by atoms with Gasteiger partial charge in [0.2, 0.25) is 0 Å². The molecule has 0 spiro atoms. The Bertz CT molecular complexity index is 1060. The van der Waals surface area contributed by atoms with Crippen LogP contribution >= 0.6 is 45.5 Å². The van der Waals surface area contributed by atoms with Crippen LogP contribution in [0.3, 0.4) is 0 Å². The fourth-order valence-corrected chi connectivity index (χ4v) is 4.28. The first kappa shape index (κ1) is 17.2. The van der Waals surface area contributed by atoms with Crippen molar-refractivity contribution in [3.05, 3.63) is 60.9 Å². The second-order valence-electron chi connectivity index (χ2n) is 5.09. The molecule has 24 heavy (non-hydrogen) atoms. The lowest BCUT2D eigenvalue weighted by Crippen LogP contribution is -2.17. The van der Waals surface area contributed by atoms with Crippen LogP contribution in [0.15, 0.2) is 41.4 Å². The van der Waals surface area contributed by atoms with Crippen LogP contribution in [-0.4, -0.2) is 10.5 Å². The first-order valence-corrected chi connectivity index (χ1v) is 9.35. The van der Waals surface area contributed by atoms with E-state index in [2.05, 4.69) is 33.5 Å². The minimum atomic E-state index is -0.277. The number of carbonyl (C=O) groups excluding carboxylic acids is 1. The SMILES string of the molecule is C#CCn1c(=NC(=O)c2ccccc2I)sc2ccc(Cl)c(C)c21. The molecule has 1 heterocycles. The van der Waals surface area contributed by atoms with Gasteiger partial charge >= 0.3 is 0 Å². The third kappa shape index (κ3) is 3.14. The Kier molecular flexibility index (Phi) is 5.09. The van der Waals surface area contributed by atoms with Crippen LogP contribution in [0.25, 0.3) is 10.2 Å². The summed E-state index contributed by atoms with van der Waals surface area (Å²) in [6.07, 6.45) is 5.51. The maximum Gasteiger partial charge on any atom is 0.280 e. The topological polar surface area (TPSA) is 34.4 Å². The zero-order valence-electron chi connectivity index (χ0n) is 12.7. The van der Waals surface area contributed by atoms with E-state index in [9.17, 15) is 4.79 Å². The number of nitrogens with zero attached hydrogens (tertiary/aromatic N) is 2. The highest BCUT2D eigenvalue weighted by Gasteiger charge is 2.13. The Morgan fingerprint density at radius 3 is 2.83 bits per heavy atom.